The molecule has 0 aromatic carbocycles. The Bertz CT molecular complexity index is 357. The third kappa shape index (κ3) is 7.51. The molecule has 0 aromatic rings. The number of nitrogens with one attached hydrogen (secondary N) is 2. The van der Waals surface area contributed by atoms with Crippen molar-refractivity contribution in [1.29, 1.82) is 0 Å². The molecule has 1 aliphatic rings. The van der Waals surface area contributed by atoms with Gasteiger partial charge in [0, 0.05) is 39.5 Å². The minimum Gasteiger partial charge on any atom is -0.379 e. The van der Waals surface area contributed by atoms with Gasteiger partial charge in [0.15, 0.2) is 0 Å². The Morgan fingerprint density at radius 1 is 1.18 bits per heavy atom. The Hall–Kier alpha value is -1.47. The minimum absolute atomic E-state index is 0.0247. The van der Waals surface area contributed by atoms with Gasteiger partial charge in [0.1, 0.15) is 6.29 Å². The van der Waals surface area contributed by atoms with Crippen molar-refractivity contribution in [2.45, 2.75) is 38.6 Å². The molecule has 7 nitrogen and oxygen atoms in total. The highest BCUT2D eigenvalue weighted by Crippen LogP contribution is 2.11. The molecule has 1 heterocycles. The van der Waals surface area contributed by atoms with Gasteiger partial charge in [-0.05, 0) is 19.3 Å². The number of ether oxygens (including phenoxy) is 1. The fraction of sp³-hybridized carbons (Fsp3) is 0.800. The fourth-order valence-electron chi connectivity index (χ4n) is 2.47. The average molecular weight is 313 g/mol. The third-order valence-electron chi connectivity index (χ3n) is 3.63. The highest BCUT2D eigenvalue weighted by Gasteiger charge is 2.26. The van der Waals surface area contributed by atoms with Gasteiger partial charge < -0.3 is 20.2 Å². The molecule has 1 saturated heterocycles. The molecule has 0 radical (unpaired) electrons. The van der Waals surface area contributed by atoms with E-state index < -0.39 is 0 Å². The first kappa shape index (κ1) is 18.6. The number of unbranched alkanes of at least 4 members (excludes halogenated alkanes) is 1. The van der Waals surface area contributed by atoms with Crippen LogP contribution in [0.5, 0.6) is 0 Å². The van der Waals surface area contributed by atoms with Crippen LogP contribution in [0, 0.1) is 0 Å². The lowest BCUT2D eigenvalue weighted by atomic mass is 10.1. The van der Waals surface area contributed by atoms with Gasteiger partial charge in [-0.1, -0.05) is 0 Å². The van der Waals surface area contributed by atoms with Gasteiger partial charge >= 0.3 is 0 Å². The second-order valence-corrected chi connectivity index (χ2v) is 5.39. The quantitative estimate of drug-likeness (QED) is 0.427. The molecule has 0 aromatic heterocycles. The van der Waals surface area contributed by atoms with Crippen LogP contribution in [-0.2, 0) is 19.1 Å². The normalized spacial score (nSPS) is 16.8. The Morgan fingerprint density at radius 2 is 1.91 bits per heavy atom. The molecule has 0 spiro atoms. The zero-order chi connectivity index (χ0) is 16.2. The van der Waals surface area contributed by atoms with E-state index in [0.29, 0.717) is 32.7 Å². The molecule has 1 unspecified atom stereocenters. The summed E-state index contributed by atoms with van der Waals surface area (Å²) < 4.78 is 5.33. The molecule has 2 N–H and O–H groups in total. The van der Waals surface area contributed by atoms with Crippen LogP contribution in [0.3, 0.4) is 0 Å². The highest BCUT2D eigenvalue weighted by molar-refractivity contribution is 5.81. The predicted molar refractivity (Wildman–Crippen MR) is 82.4 cm³/mol. The summed E-state index contributed by atoms with van der Waals surface area (Å²) in [7, 11) is 0. The molecule has 22 heavy (non-hydrogen) atoms. The number of rotatable bonds is 10. The van der Waals surface area contributed by atoms with Crippen molar-refractivity contribution in [3.05, 3.63) is 0 Å². The van der Waals surface area contributed by atoms with Crippen molar-refractivity contribution in [2.75, 3.05) is 39.4 Å². The van der Waals surface area contributed by atoms with Crippen molar-refractivity contribution >= 4 is 18.1 Å². The average Bonchev–Trinajstić information content (AvgIpc) is 2.51. The van der Waals surface area contributed by atoms with Crippen LogP contribution < -0.4 is 10.6 Å². The fourth-order valence-corrected chi connectivity index (χ4v) is 2.47. The summed E-state index contributed by atoms with van der Waals surface area (Å²) in [6.45, 7) is 5.30. The molecule has 2 amide bonds. The van der Waals surface area contributed by atoms with Crippen LogP contribution in [0.1, 0.15) is 32.6 Å². The van der Waals surface area contributed by atoms with E-state index in [1.54, 1.807) is 0 Å². The van der Waals surface area contributed by atoms with Gasteiger partial charge in [0.2, 0.25) is 11.8 Å². The number of carbonyl (C=O) groups is 3. The Balaban J connectivity index is 2.40. The van der Waals surface area contributed by atoms with Crippen LogP contribution in [0.2, 0.25) is 0 Å². The third-order valence-corrected chi connectivity index (χ3v) is 3.63. The van der Waals surface area contributed by atoms with E-state index in [2.05, 4.69) is 15.5 Å². The Kier molecular flexibility index (Phi) is 9.41. The molecule has 126 valence electrons. The summed E-state index contributed by atoms with van der Waals surface area (Å²) in [6, 6.07) is -0.187. The van der Waals surface area contributed by atoms with E-state index in [1.807, 2.05) is 0 Å². The molecule has 1 atom stereocenters. The van der Waals surface area contributed by atoms with E-state index in [1.165, 1.54) is 6.92 Å². The van der Waals surface area contributed by atoms with Crippen LogP contribution in [0.25, 0.3) is 0 Å². The maximum absolute atomic E-state index is 12.3. The number of aldehydes is 1. The van der Waals surface area contributed by atoms with E-state index in [9.17, 15) is 14.4 Å². The summed E-state index contributed by atoms with van der Waals surface area (Å²) in [4.78, 5) is 35.6. The van der Waals surface area contributed by atoms with Crippen molar-refractivity contribution in [2.24, 2.45) is 0 Å². The zero-order valence-corrected chi connectivity index (χ0v) is 13.3. The second kappa shape index (κ2) is 11.1. The first-order valence-electron chi connectivity index (χ1n) is 7.92. The van der Waals surface area contributed by atoms with E-state index >= 15 is 0 Å². The van der Waals surface area contributed by atoms with E-state index in [4.69, 9.17) is 4.74 Å². The zero-order valence-electron chi connectivity index (χ0n) is 13.3. The molecule has 1 rings (SSSR count). The highest BCUT2D eigenvalue weighted by atomic mass is 16.5. The summed E-state index contributed by atoms with van der Waals surface area (Å²) in [5.41, 5.74) is 0. The number of carbonyl (C=O) groups excluding carboxylic acids is 3. The number of morpholine rings is 1. The van der Waals surface area contributed by atoms with E-state index in [-0.39, 0.29) is 17.9 Å². The first-order chi connectivity index (χ1) is 10.6. The predicted octanol–water partition coefficient (Wildman–Crippen LogP) is -0.301. The van der Waals surface area contributed by atoms with Crippen LogP contribution in [0.15, 0.2) is 0 Å². The van der Waals surface area contributed by atoms with Gasteiger partial charge in [0.05, 0.1) is 19.3 Å². The van der Waals surface area contributed by atoms with Crippen molar-refractivity contribution in [1.82, 2.24) is 15.5 Å². The number of hydrogen-bond acceptors (Lipinski definition) is 5. The second-order valence-electron chi connectivity index (χ2n) is 5.39. The van der Waals surface area contributed by atoms with E-state index in [0.717, 1.165) is 38.6 Å². The van der Waals surface area contributed by atoms with Gasteiger partial charge in [-0.2, -0.15) is 0 Å². The lowest BCUT2D eigenvalue weighted by molar-refractivity contribution is -0.128. The lowest BCUT2D eigenvalue weighted by Gasteiger charge is -2.33. The maximum atomic E-state index is 12.3. The molecular formula is C15H27N3O4. The molecule has 0 aliphatic carbocycles. The summed E-state index contributed by atoms with van der Waals surface area (Å²) in [5, 5.41) is 5.58. The number of nitrogens with zero attached hydrogens (tertiary/aromatic N) is 1. The van der Waals surface area contributed by atoms with Crippen molar-refractivity contribution in [3.63, 3.8) is 0 Å². The molecule has 1 aliphatic heterocycles. The molecule has 7 heteroatoms. The minimum atomic E-state index is -0.187. The Morgan fingerprint density at radius 3 is 2.55 bits per heavy atom. The van der Waals surface area contributed by atoms with Crippen LogP contribution >= 0.6 is 0 Å². The number of hydrogen-bond donors (Lipinski definition) is 2. The maximum Gasteiger partial charge on any atom is 0.237 e. The SMILES string of the molecule is CC(=O)NCCCCC(C(=O)NCCC=O)N1CCOCC1. The van der Waals surface area contributed by atoms with Crippen LogP contribution in [0.4, 0.5) is 0 Å². The standard InChI is InChI=1S/C15H27N3O4/c1-13(20)16-6-3-2-5-14(15(21)17-7-4-10-19)18-8-11-22-12-9-18/h10,14H,2-9,11-12H2,1H3,(H,16,20)(H,17,21). The van der Waals surface area contributed by atoms with Crippen LogP contribution in [-0.4, -0.2) is 68.4 Å². The van der Waals surface area contributed by atoms with Crippen molar-refractivity contribution in [3.8, 4) is 0 Å². The summed E-state index contributed by atoms with van der Waals surface area (Å²) in [5.74, 6) is -0.0559. The Labute approximate surface area is 131 Å². The van der Waals surface area contributed by atoms with Gasteiger partial charge in [-0.15, -0.1) is 0 Å². The summed E-state index contributed by atoms with van der Waals surface area (Å²) in [6.07, 6.45) is 3.60. The smallest absolute Gasteiger partial charge is 0.237 e. The van der Waals surface area contributed by atoms with Gasteiger partial charge in [0.25, 0.3) is 0 Å². The first-order valence-corrected chi connectivity index (χ1v) is 7.92. The van der Waals surface area contributed by atoms with Gasteiger partial charge in [-0.25, -0.2) is 0 Å². The van der Waals surface area contributed by atoms with Crippen molar-refractivity contribution < 1.29 is 19.1 Å². The molecule has 0 saturated carbocycles. The molecule has 0 bridgehead atoms. The topological polar surface area (TPSA) is 87.7 Å². The lowest BCUT2D eigenvalue weighted by Crippen LogP contribution is -2.51. The largest absolute Gasteiger partial charge is 0.379 e. The molecular weight excluding hydrogens is 286 g/mol. The number of amides is 2. The van der Waals surface area contributed by atoms with Gasteiger partial charge in [-0.3, -0.25) is 14.5 Å². The summed E-state index contributed by atoms with van der Waals surface area (Å²) >= 11 is 0. The molecule has 1 fully saturated rings. The monoisotopic (exact) mass is 313 g/mol.